The van der Waals surface area contributed by atoms with E-state index in [1.165, 1.54) is 17.4 Å². The van der Waals surface area contributed by atoms with E-state index in [0.29, 0.717) is 6.54 Å². The van der Waals surface area contributed by atoms with Crippen molar-refractivity contribution in [2.24, 2.45) is 0 Å². The number of benzene rings is 2. The molecule has 0 bridgehead atoms. The topological polar surface area (TPSA) is 49.3 Å². The Labute approximate surface area is 133 Å². The summed E-state index contributed by atoms with van der Waals surface area (Å²) in [7, 11) is 0. The Morgan fingerprint density at radius 2 is 1.95 bits per heavy atom. The highest BCUT2D eigenvalue weighted by atomic mass is 32.1. The van der Waals surface area contributed by atoms with E-state index in [0.717, 1.165) is 22.1 Å². The summed E-state index contributed by atoms with van der Waals surface area (Å²) in [6.07, 6.45) is 0.829. The number of phenolic OH excluding ortho intramolecular Hbond substituents is 1. The summed E-state index contributed by atoms with van der Waals surface area (Å²) in [6.45, 7) is 2.00. The quantitative estimate of drug-likeness (QED) is 0.769. The van der Waals surface area contributed by atoms with Crippen LogP contribution in [0.25, 0.3) is 10.1 Å². The fourth-order valence-electron chi connectivity index (χ4n) is 2.52. The van der Waals surface area contributed by atoms with Crippen molar-refractivity contribution in [3.05, 3.63) is 64.5 Å². The Morgan fingerprint density at radius 3 is 2.68 bits per heavy atom. The van der Waals surface area contributed by atoms with Crippen molar-refractivity contribution >= 4 is 27.3 Å². The lowest BCUT2D eigenvalue weighted by Crippen LogP contribution is -2.19. The van der Waals surface area contributed by atoms with Crippen LogP contribution in [-0.4, -0.2) is 11.0 Å². The zero-order chi connectivity index (χ0) is 15.5. The highest BCUT2D eigenvalue weighted by Gasteiger charge is 2.13. The van der Waals surface area contributed by atoms with Gasteiger partial charge in [0.15, 0.2) is 0 Å². The van der Waals surface area contributed by atoms with Crippen LogP contribution in [0.1, 0.15) is 22.9 Å². The van der Waals surface area contributed by atoms with Gasteiger partial charge in [-0.1, -0.05) is 30.3 Å². The number of hydrogen-bond acceptors (Lipinski definition) is 3. The fraction of sp³-hybridized carbons (Fsp3) is 0.167. The number of carbonyl (C=O) groups is 1. The third kappa shape index (κ3) is 3.12. The number of amides is 1. The number of thiophene rings is 1. The average Bonchev–Trinajstić information content (AvgIpc) is 2.82. The lowest BCUT2D eigenvalue weighted by molar-refractivity contribution is -0.119. The first kappa shape index (κ1) is 14.6. The largest absolute Gasteiger partial charge is 0.508 e. The summed E-state index contributed by atoms with van der Waals surface area (Å²) in [4.78, 5) is 12.5. The molecule has 4 heteroatoms. The van der Waals surface area contributed by atoms with Gasteiger partial charge in [0.2, 0.25) is 5.91 Å². The van der Waals surface area contributed by atoms with Gasteiger partial charge in [0.1, 0.15) is 5.75 Å². The number of fused-ring (bicyclic) bond motifs is 1. The number of nitrogens with one attached hydrogen (secondary N) is 1. The lowest BCUT2D eigenvalue weighted by atomic mass is 10.1. The molecule has 0 aliphatic rings. The first-order valence-electron chi connectivity index (χ1n) is 7.15. The molecule has 0 saturated heterocycles. The molecule has 0 aliphatic heterocycles. The second kappa shape index (κ2) is 6.20. The van der Waals surface area contributed by atoms with Crippen molar-refractivity contribution < 1.29 is 9.90 Å². The Bertz CT molecular complexity index is 809. The van der Waals surface area contributed by atoms with Crippen molar-refractivity contribution in [2.75, 3.05) is 0 Å². The van der Waals surface area contributed by atoms with Gasteiger partial charge in [0, 0.05) is 34.9 Å². The molecule has 0 aliphatic carbocycles. The van der Waals surface area contributed by atoms with Crippen LogP contribution < -0.4 is 5.32 Å². The van der Waals surface area contributed by atoms with Crippen molar-refractivity contribution in [3.63, 3.8) is 0 Å². The maximum absolute atomic E-state index is 11.3. The van der Waals surface area contributed by atoms with Crippen molar-refractivity contribution in [2.45, 2.75) is 19.9 Å². The van der Waals surface area contributed by atoms with Crippen LogP contribution in [0.4, 0.5) is 0 Å². The zero-order valence-electron chi connectivity index (χ0n) is 12.3. The van der Waals surface area contributed by atoms with Crippen LogP contribution in [-0.2, 0) is 17.8 Å². The van der Waals surface area contributed by atoms with E-state index in [4.69, 9.17) is 0 Å². The fourth-order valence-corrected chi connectivity index (χ4v) is 3.76. The van der Waals surface area contributed by atoms with Gasteiger partial charge in [-0.3, -0.25) is 4.79 Å². The maximum Gasteiger partial charge on any atom is 0.217 e. The van der Waals surface area contributed by atoms with Crippen LogP contribution in [0.5, 0.6) is 5.75 Å². The number of rotatable bonds is 4. The molecule has 3 aromatic rings. The third-order valence-electron chi connectivity index (χ3n) is 3.58. The van der Waals surface area contributed by atoms with Gasteiger partial charge < -0.3 is 10.4 Å². The van der Waals surface area contributed by atoms with Gasteiger partial charge in [-0.2, -0.15) is 0 Å². The number of carbonyl (C=O) groups excluding carboxylic acids is 1. The molecule has 0 saturated carbocycles. The normalized spacial score (nSPS) is 10.8. The molecule has 0 atom stereocenters. The first-order valence-corrected chi connectivity index (χ1v) is 7.97. The van der Waals surface area contributed by atoms with E-state index >= 15 is 0 Å². The number of phenols is 1. The summed E-state index contributed by atoms with van der Waals surface area (Å²) in [5, 5.41) is 13.6. The summed E-state index contributed by atoms with van der Waals surface area (Å²) < 4.78 is 1.13. The van der Waals surface area contributed by atoms with Crippen LogP contribution in [0, 0.1) is 0 Å². The molecule has 22 heavy (non-hydrogen) atoms. The minimum atomic E-state index is -0.0508. The minimum Gasteiger partial charge on any atom is -0.508 e. The van der Waals surface area contributed by atoms with E-state index in [2.05, 4.69) is 17.4 Å². The maximum atomic E-state index is 11.3. The molecule has 3 rings (SSSR count). The van der Waals surface area contributed by atoms with Gasteiger partial charge in [0.05, 0.1) is 0 Å². The average molecular weight is 311 g/mol. The van der Waals surface area contributed by atoms with Gasteiger partial charge in [-0.25, -0.2) is 0 Å². The van der Waals surface area contributed by atoms with Crippen molar-refractivity contribution in [3.8, 4) is 5.75 Å². The zero-order valence-corrected chi connectivity index (χ0v) is 13.1. The van der Waals surface area contributed by atoms with Crippen LogP contribution in [0.2, 0.25) is 0 Å². The summed E-state index contributed by atoms with van der Waals surface area (Å²) in [5.41, 5.74) is 2.33. The summed E-state index contributed by atoms with van der Waals surface area (Å²) in [5.74, 6) is 0.200. The summed E-state index contributed by atoms with van der Waals surface area (Å²) in [6, 6.07) is 15.7. The third-order valence-corrected chi connectivity index (χ3v) is 4.79. The molecule has 1 amide bonds. The minimum absolute atomic E-state index is 0.0508. The molecule has 112 valence electrons. The van der Waals surface area contributed by atoms with Crippen LogP contribution in [0.15, 0.2) is 48.5 Å². The lowest BCUT2D eigenvalue weighted by Gasteiger charge is -2.06. The Hall–Kier alpha value is -2.33. The van der Waals surface area contributed by atoms with Gasteiger partial charge >= 0.3 is 0 Å². The smallest absolute Gasteiger partial charge is 0.217 e. The van der Waals surface area contributed by atoms with E-state index in [1.807, 2.05) is 24.3 Å². The predicted molar refractivity (Wildman–Crippen MR) is 90.3 cm³/mol. The first-order chi connectivity index (χ1) is 10.6. The van der Waals surface area contributed by atoms with E-state index < -0.39 is 0 Å². The van der Waals surface area contributed by atoms with Crippen LogP contribution in [0.3, 0.4) is 0 Å². The second-order valence-electron chi connectivity index (χ2n) is 5.26. The number of aromatic hydroxyl groups is 1. The SMILES string of the molecule is CC(=O)NCc1c(Cc2ccccc2)sc2ccc(O)cc12. The molecule has 2 N–H and O–H groups in total. The molecule has 0 spiro atoms. The standard InChI is InChI=1S/C18H17NO2S/c1-12(20)19-11-16-15-10-14(21)7-8-17(15)22-18(16)9-13-5-3-2-4-6-13/h2-8,10,21H,9,11H2,1H3,(H,19,20). The molecular weight excluding hydrogens is 294 g/mol. The Balaban J connectivity index is 2.03. The molecule has 1 aromatic heterocycles. The molecule has 2 aromatic carbocycles. The van der Waals surface area contributed by atoms with Gasteiger partial charge in [-0.05, 0) is 29.3 Å². The van der Waals surface area contributed by atoms with E-state index in [-0.39, 0.29) is 11.7 Å². The number of hydrogen-bond donors (Lipinski definition) is 2. The molecule has 0 unspecified atom stereocenters. The van der Waals surface area contributed by atoms with Crippen LogP contribution >= 0.6 is 11.3 Å². The summed E-state index contributed by atoms with van der Waals surface area (Å²) >= 11 is 1.72. The van der Waals surface area contributed by atoms with E-state index in [9.17, 15) is 9.90 Å². The highest BCUT2D eigenvalue weighted by Crippen LogP contribution is 2.35. The predicted octanol–water partition coefficient (Wildman–Crippen LogP) is 3.83. The van der Waals surface area contributed by atoms with Crippen molar-refractivity contribution in [1.82, 2.24) is 5.32 Å². The Kier molecular flexibility index (Phi) is 4.11. The molecular formula is C18H17NO2S. The molecule has 3 nitrogen and oxygen atoms in total. The monoisotopic (exact) mass is 311 g/mol. The van der Waals surface area contributed by atoms with Gasteiger partial charge in [-0.15, -0.1) is 11.3 Å². The van der Waals surface area contributed by atoms with Crippen molar-refractivity contribution in [1.29, 1.82) is 0 Å². The molecule has 1 heterocycles. The molecule has 0 radical (unpaired) electrons. The van der Waals surface area contributed by atoms with Gasteiger partial charge in [0.25, 0.3) is 0 Å². The second-order valence-corrected chi connectivity index (χ2v) is 6.39. The highest BCUT2D eigenvalue weighted by molar-refractivity contribution is 7.19. The molecule has 0 fully saturated rings. The van der Waals surface area contributed by atoms with E-state index in [1.54, 1.807) is 23.5 Å². The Morgan fingerprint density at radius 1 is 1.18 bits per heavy atom.